The van der Waals surface area contributed by atoms with Gasteiger partial charge < -0.3 is 15.2 Å². The number of amides is 2. The maximum Gasteiger partial charge on any atom is 0.332 e. The molecule has 0 aliphatic carbocycles. The number of hydrazone groups is 1. The van der Waals surface area contributed by atoms with E-state index in [1.54, 1.807) is 6.21 Å². The van der Waals surface area contributed by atoms with Gasteiger partial charge in [0.25, 0.3) is 0 Å². The molecule has 3 N–H and O–H groups in total. The monoisotopic (exact) mass is 299 g/mol. The second kappa shape index (κ2) is 6.34. The molecule has 0 unspecified atom stereocenters. The van der Waals surface area contributed by atoms with E-state index in [-0.39, 0.29) is 0 Å². The lowest BCUT2D eigenvalue weighted by molar-refractivity contribution is 0.249. The summed E-state index contributed by atoms with van der Waals surface area (Å²) < 4.78 is 2.14. The molecule has 22 heavy (non-hydrogen) atoms. The minimum Gasteiger partial charge on any atom is -0.378 e. The zero-order valence-electron chi connectivity index (χ0n) is 13.3. The van der Waals surface area contributed by atoms with Gasteiger partial charge in [-0.3, -0.25) is 0 Å². The molecule has 0 bridgehead atoms. The van der Waals surface area contributed by atoms with Crippen molar-refractivity contribution in [3.05, 3.63) is 47.3 Å². The molecule has 0 radical (unpaired) electrons. The standard InChI is InChI=1S/C16H21N5O/c1-11-9-13(10-18-19-16(17)22)12(2)21(11)15-7-5-14(6-8-15)20(3)4/h5-10H,1-4H3,(H3,17,19,22)/b18-10+. The van der Waals surface area contributed by atoms with Crippen LogP contribution in [0, 0.1) is 13.8 Å². The maximum atomic E-state index is 10.6. The maximum absolute atomic E-state index is 10.6. The highest BCUT2D eigenvalue weighted by Crippen LogP contribution is 2.22. The van der Waals surface area contributed by atoms with Gasteiger partial charge in [-0.15, -0.1) is 0 Å². The number of hydrogen-bond acceptors (Lipinski definition) is 3. The van der Waals surface area contributed by atoms with E-state index in [1.165, 1.54) is 0 Å². The number of benzene rings is 1. The summed E-state index contributed by atoms with van der Waals surface area (Å²) in [6, 6.07) is 9.66. The van der Waals surface area contributed by atoms with Crippen molar-refractivity contribution >= 4 is 17.9 Å². The highest BCUT2D eigenvalue weighted by molar-refractivity contribution is 5.83. The summed E-state index contributed by atoms with van der Waals surface area (Å²) in [4.78, 5) is 12.7. The number of urea groups is 1. The lowest BCUT2D eigenvalue weighted by Crippen LogP contribution is -2.24. The first kappa shape index (κ1) is 15.6. The van der Waals surface area contributed by atoms with Crippen molar-refractivity contribution in [3.63, 3.8) is 0 Å². The van der Waals surface area contributed by atoms with Crippen LogP contribution in [0.3, 0.4) is 0 Å². The number of carbonyl (C=O) groups excluding carboxylic acids is 1. The fourth-order valence-electron chi connectivity index (χ4n) is 2.38. The molecule has 0 spiro atoms. The summed E-state index contributed by atoms with van der Waals surface area (Å²) in [6.07, 6.45) is 1.60. The van der Waals surface area contributed by atoms with Crippen LogP contribution >= 0.6 is 0 Å². The third-order valence-electron chi connectivity index (χ3n) is 3.47. The topological polar surface area (TPSA) is 75.6 Å². The molecule has 1 aromatic carbocycles. The van der Waals surface area contributed by atoms with E-state index in [0.717, 1.165) is 28.3 Å². The fraction of sp³-hybridized carbons (Fsp3) is 0.250. The van der Waals surface area contributed by atoms with E-state index in [9.17, 15) is 4.79 Å². The zero-order valence-corrected chi connectivity index (χ0v) is 13.3. The van der Waals surface area contributed by atoms with E-state index in [4.69, 9.17) is 5.73 Å². The summed E-state index contributed by atoms with van der Waals surface area (Å²) in [5.41, 5.74) is 12.5. The van der Waals surface area contributed by atoms with Gasteiger partial charge in [-0.2, -0.15) is 5.10 Å². The quantitative estimate of drug-likeness (QED) is 0.670. The molecule has 6 heteroatoms. The Kier molecular flexibility index (Phi) is 4.50. The summed E-state index contributed by atoms with van der Waals surface area (Å²) in [5, 5.41) is 3.82. The fourth-order valence-corrected chi connectivity index (χ4v) is 2.38. The summed E-state index contributed by atoms with van der Waals surface area (Å²) in [6.45, 7) is 4.05. The van der Waals surface area contributed by atoms with E-state index >= 15 is 0 Å². The molecule has 0 saturated heterocycles. The Balaban J connectivity index is 2.33. The predicted octanol–water partition coefficient (Wildman–Crippen LogP) is 2.16. The smallest absolute Gasteiger partial charge is 0.332 e. The third kappa shape index (κ3) is 3.28. The van der Waals surface area contributed by atoms with Crippen molar-refractivity contribution < 1.29 is 4.79 Å². The second-order valence-electron chi connectivity index (χ2n) is 5.31. The van der Waals surface area contributed by atoms with Crippen LogP contribution in [-0.4, -0.2) is 30.9 Å². The van der Waals surface area contributed by atoms with Crippen molar-refractivity contribution in [1.29, 1.82) is 0 Å². The lowest BCUT2D eigenvalue weighted by atomic mass is 10.2. The van der Waals surface area contributed by atoms with Crippen molar-refractivity contribution in [3.8, 4) is 5.69 Å². The van der Waals surface area contributed by atoms with E-state index in [1.807, 2.05) is 34.0 Å². The summed E-state index contributed by atoms with van der Waals surface area (Å²) >= 11 is 0. The van der Waals surface area contributed by atoms with Gasteiger partial charge in [0.1, 0.15) is 0 Å². The molecule has 0 aliphatic rings. The molecule has 0 atom stereocenters. The number of aryl methyl sites for hydroxylation is 1. The first-order valence-electron chi connectivity index (χ1n) is 6.95. The number of anilines is 1. The van der Waals surface area contributed by atoms with Crippen LogP contribution in [0.15, 0.2) is 35.4 Å². The van der Waals surface area contributed by atoms with Gasteiger partial charge in [0, 0.05) is 42.4 Å². The largest absolute Gasteiger partial charge is 0.378 e. The van der Waals surface area contributed by atoms with Gasteiger partial charge in [0.15, 0.2) is 0 Å². The molecule has 0 saturated carbocycles. The van der Waals surface area contributed by atoms with Crippen LogP contribution in [0.2, 0.25) is 0 Å². The van der Waals surface area contributed by atoms with Gasteiger partial charge in [-0.1, -0.05) is 0 Å². The molecule has 2 amide bonds. The summed E-state index contributed by atoms with van der Waals surface area (Å²) in [5.74, 6) is 0. The van der Waals surface area contributed by atoms with Gasteiger partial charge in [0.2, 0.25) is 0 Å². The van der Waals surface area contributed by atoms with Crippen molar-refractivity contribution in [2.24, 2.45) is 10.8 Å². The van der Waals surface area contributed by atoms with Gasteiger partial charge in [-0.25, -0.2) is 10.2 Å². The average Bonchev–Trinajstić information content (AvgIpc) is 2.73. The van der Waals surface area contributed by atoms with E-state index in [2.05, 4.69) is 44.3 Å². The van der Waals surface area contributed by atoms with Gasteiger partial charge >= 0.3 is 6.03 Å². The highest BCUT2D eigenvalue weighted by Gasteiger charge is 2.09. The number of carbonyl (C=O) groups is 1. The number of nitrogens with two attached hydrogens (primary N) is 1. The average molecular weight is 299 g/mol. The Hall–Kier alpha value is -2.76. The Morgan fingerprint density at radius 1 is 1.27 bits per heavy atom. The normalized spacial score (nSPS) is 10.9. The molecule has 2 rings (SSSR count). The Morgan fingerprint density at radius 2 is 1.91 bits per heavy atom. The number of primary amides is 1. The molecule has 2 aromatic rings. The van der Waals surface area contributed by atoms with E-state index < -0.39 is 6.03 Å². The molecule has 0 aliphatic heterocycles. The van der Waals surface area contributed by atoms with Crippen LogP contribution < -0.4 is 16.1 Å². The van der Waals surface area contributed by atoms with Crippen molar-refractivity contribution in [1.82, 2.24) is 9.99 Å². The number of nitrogens with zero attached hydrogens (tertiary/aromatic N) is 3. The number of aromatic nitrogens is 1. The first-order valence-corrected chi connectivity index (χ1v) is 6.95. The predicted molar refractivity (Wildman–Crippen MR) is 89.9 cm³/mol. The number of hydrogen-bond donors (Lipinski definition) is 2. The number of nitrogens with one attached hydrogen (secondary N) is 1. The third-order valence-corrected chi connectivity index (χ3v) is 3.47. The van der Waals surface area contributed by atoms with Crippen molar-refractivity contribution in [2.45, 2.75) is 13.8 Å². The molecular formula is C16H21N5O. The van der Waals surface area contributed by atoms with Crippen LogP contribution in [-0.2, 0) is 0 Å². The lowest BCUT2D eigenvalue weighted by Gasteiger charge is -2.14. The molecule has 1 aromatic heterocycles. The van der Waals surface area contributed by atoms with Gasteiger partial charge in [0.05, 0.1) is 6.21 Å². The Morgan fingerprint density at radius 3 is 2.45 bits per heavy atom. The van der Waals surface area contributed by atoms with Crippen molar-refractivity contribution in [2.75, 3.05) is 19.0 Å². The van der Waals surface area contributed by atoms with Crippen LogP contribution in [0.25, 0.3) is 5.69 Å². The van der Waals surface area contributed by atoms with Crippen LogP contribution in [0.5, 0.6) is 0 Å². The Bertz CT molecular complexity index is 698. The SMILES string of the molecule is Cc1cc(/C=N/NC(N)=O)c(C)n1-c1ccc(N(C)C)cc1. The zero-order chi connectivity index (χ0) is 16.3. The second-order valence-corrected chi connectivity index (χ2v) is 5.31. The van der Waals surface area contributed by atoms with E-state index in [0.29, 0.717) is 0 Å². The minimum atomic E-state index is -0.677. The number of rotatable bonds is 4. The Labute approximate surface area is 130 Å². The minimum absolute atomic E-state index is 0.677. The molecule has 6 nitrogen and oxygen atoms in total. The summed E-state index contributed by atoms with van der Waals surface area (Å²) in [7, 11) is 4.03. The molecule has 116 valence electrons. The first-order chi connectivity index (χ1) is 10.4. The molecular weight excluding hydrogens is 278 g/mol. The van der Waals surface area contributed by atoms with Crippen LogP contribution in [0.1, 0.15) is 17.0 Å². The molecule has 0 fully saturated rings. The van der Waals surface area contributed by atoms with Crippen LogP contribution in [0.4, 0.5) is 10.5 Å². The highest BCUT2D eigenvalue weighted by atomic mass is 16.2. The van der Waals surface area contributed by atoms with Gasteiger partial charge in [-0.05, 0) is 44.2 Å². The molecule has 1 heterocycles.